The fourth-order valence-corrected chi connectivity index (χ4v) is 5.06. The molecule has 2 aliphatic heterocycles. The lowest BCUT2D eigenvalue weighted by atomic mass is 10.2. The maximum Gasteiger partial charge on any atom is 0.267 e. The predicted molar refractivity (Wildman–Crippen MR) is 127 cm³/mol. The number of nitrogens with zero attached hydrogens (tertiary/aromatic N) is 4. The molecule has 8 nitrogen and oxygen atoms in total. The first-order valence-electron chi connectivity index (χ1n) is 11.4. The Morgan fingerprint density at radius 3 is 2.45 bits per heavy atom. The van der Waals surface area contributed by atoms with E-state index in [-0.39, 0.29) is 18.4 Å². The molecule has 9 heteroatoms. The molecule has 2 aromatic rings. The highest BCUT2D eigenvalue weighted by Gasteiger charge is 2.33. The first-order chi connectivity index (χ1) is 15.8. The molecule has 1 saturated heterocycles. The van der Waals surface area contributed by atoms with Crippen molar-refractivity contribution in [2.75, 3.05) is 38.5 Å². The van der Waals surface area contributed by atoms with Gasteiger partial charge in [-0.1, -0.05) is 37.7 Å². The molecular formula is C24H32N4O4S. The topological polar surface area (TPSA) is 76.9 Å². The van der Waals surface area contributed by atoms with Gasteiger partial charge in [-0.15, -0.1) is 0 Å². The molecule has 2 aliphatic rings. The van der Waals surface area contributed by atoms with Crippen molar-refractivity contribution in [1.82, 2.24) is 19.4 Å². The Morgan fingerprint density at radius 2 is 1.76 bits per heavy atom. The fourth-order valence-electron chi connectivity index (χ4n) is 4.05. The second kappa shape index (κ2) is 10.1. The summed E-state index contributed by atoms with van der Waals surface area (Å²) in [4.78, 5) is 34.0. The average Bonchev–Trinajstić information content (AvgIpc) is 3.09. The zero-order chi connectivity index (χ0) is 23.5. The Balaban J connectivity index is 1.27. The van der Waals surface area contributed by atoms with Gasteiger partial charge in [0.2, 0.25) is 12.0 Å². The lowest BCUT2D eigenvalue weighted by Crippen LogP contribution is -2.55. The molecule has 1 fully saturated rings. The van der Waals surface area contributed by atoms with Gasteiger partial charge in [-0.3, -0.25) is 9.59 Å². The van der Waals surface area contributed by atoms with Gasteiger partial charge in [0, 0.05) is 38.4 Å². The zero-order valence-corrected chi connectivity index (χ0v) is 20.6. The summed E-state index contributed by atoms with van der Waals surface area (Å²) < 4.78 is 13.7. The summed E-state index contributed by atoms with van der Waals surface area (Å²) in [5.41, 5.74) is 2.16. The molecule has 0 bridgehead atoms. The highest BCUT2D eigenvalue weighted by molar-refractivity contribution is 7.99. The van der Waals surface area contributed by atoms with Gasteiger partial charge in [-0.25, -0.2) is 4.98 Å². The second-order valence-corrected chi connectivity index (χ2v) is 9.87. The number of carbonyl (C=O) groups is 2. The minimum absolute atomic E-state index is 0.0766. The number of piperazine rings is 1. The summed E-state index contributed by atoms with van der Waals surface area (Å²) in [6.45, 7) is 11.6. The monoisotopic (exact) mass is 472 g/mol. The van der Waals surface area contributed by atoms with E-state index in [1.54, 1.807) is 11.0 Å². The first kappa shape index (κ1) is 23.5. The van der Waals surface area contributed by atoms with Crippen LogP contribution in [0.1, 0.15) is 25.2 Å². The summed E-state index contributed by atoms with van der Waals surface area (Å²) in [5, 5.41) is 0.899. The summed E-state index contributed by atoms with van der Waals surface area (Å²) >= 11 is 1.49. The fraction of sp³-hybridized carbons (Fsp3) is 0.542. The molecule has 1 aromatic heterocycles. The van der Waals surface area contributed by atoms with E-state index in [0.717, 1.165) is 23.1 Å². The predicted octanol–water partition coefficient (Wildman–Crippen LogP) is 2.76. The molecule has 0 N–H and O–H groups in total. The number of fused-ring (bicyclic) bond motifs is 1. The number of para-hydroxylation sites is 2. The number of hydrogen-bond acceptors (Lipinski definition) is 6. The van der Waals surface area contributed by atoms with E-state index in [1.165, 1.54) is 11.8 Å². The average molecular weight is 473 g/mol. The van der Waals surface area contributed by atoms with Crippen LogP contribution in [-0.2, 0) is 16.1 Å². The van der Waals surface area contributed by atoms with Crippen molar-refractivity contribution in [3.8, 4) is 11.5 Å². The molecular weight excluding hydrogens is 440 g/mol. The maximum absolute atomic E-state index is 12.9. The van der Waals surface area contributed by atoms with Gasteiger partial charge in [-0.05, 0) is 31.9 Å². The normalized spacial score (nSPS) is 18.0. The second-order valence-electron chi connectivity index (χ2n) is 8.93. The Kier molecular flexibility index (Phi) is 7.17. The number of imidazole rings is 1. The molecule has 4 rings (SSSR count). The number of rotatable bonds is 6. The summed E-state index contributed by atoms with van der Waals surface area (Å²) in [6.07, 6.45) is -0.649. The highest BCUT2D eigenvalue weighted by Crippen LogP contribution is 2.31. The minimum Gasteiger partial charge on any atom is -0.485 e. The van der Waals surface area contributed by atoms with Crippen molar-refractivity contribution < 1.29 is 19.1 Å². The van der Waals surface area contributed by atoms with Crippen LogP contribution in [0.15, 0.2) is 29.4 Å². The van der Waals surface area contributed by atoms with Crippen molar-refractivity contribution in [2.24, 2.45) is 5.92 Å². The van der Waals surface area contributed by atoms with E-state index in [0.29, 0.717) is 49.3 Å². The van der Waals surface area contributed by atoms with E-state index < -0.39 is 6.10 Å². The Morgan fingerprint density at radius 1 is 1.09 bits per heavy atom. The van der Waals surface area contributed by atoms with E-state index >= 15 is 0 Å². The van der Waals surface area contributed by atoms with Crippen LogP contribution in [0.4, 0.5) is 0 Å². The smallest absolute Gasteiger partial charge is 0.267 e. The number of benzene rings is 1. The molecule has 0 radical (unpaired) electrons. The number of ether oxygens (including phenoxy) is 2. The van der Waals surface area contributed by atoms with Crippen LogP contribution in [-0.4, -0.2) is 75.8 Å². The third-order valence-electron chi connectivity index (χ3n) is 6.02. The maximum atomic E-state index is 12.9. The highest BCUT2D eigenvalue weighted by atomic mass is 32.2. The van der Waals surface area contributed by atoms with Crippen LogP contribution in [0.2, 0.25) is 0 Å². The minimum atomic E-state index is -0.649. The lowest BCUT2D eigenvalue weighted by Gasteiger charge is -2.37. The van der Waals surface area contributed by atoms with Gasteiger partial charge in [-0.2, -0.15) is 0 Å². The van der Waals surface area contributed by atoms with Gasteiger partial charge in [0.25, 0.3) is 5.91 Å². The third kappa shape index (κ3) is 5.29. The van der Waals surface area contributed by atoms with Gasteiger partial charge in [0.1, 0.15) is 6.61 Å². The van der Waals surface area contributed by atoms with Crippen molar-refractivity contribution in [2.45, 2.75) is 45.5 Å². The van der Waals surface area contributed by atoms with Crippen LogP contribution < -0.4 is 9.47 Å². The van der Waals surface area contributed by atoms with Crippen molar-refractivity contribution in [3.63, 3.8) is 0 Å². The zero-order valence-electron chi connectivity index (χ0n) is 19.7. The number of hydrogen-bond donors (Lipinski definition) is 0. The first-order valence-corrected chi connectivity index (χ1v) is 12.4. The van der Waals surface area contributed by atoms with E-state index in [9.17, 15) is 9.59 Å². The Hall–Kier alpha value is -2.68. The molecule has 0 spiro atoms. The van der Waals surface area contributed by atoms with Gasteiger partial charge in [0.05, 0.1) is 11.4 Å². The van der Waals surface area contributed by atoms with Crippen molar-refractivity contribution >= 4 is 23.6 Å². The van der Waals surface area contributed by atoms with Crippen LogP contribution in [0.5, 0.6) is 11.5 Å². The van der Waals surface area contributed by atoms with Crippen LogP contribution in [0.3, 0.4) is 0 Å². The number of carbonyl (C=O) groups excluding carboxylic acids is 2. The third-order valence-corrected chi connectivity index (χ3v) is 6.98. The molecule has 3 heterocycles. The van der Waals surface area contributed by atoms with E-state index in [1.807, 2.05) is 30.0 Å². The van der Waals surface area contributed by atoms with Crippen LogP contribution >= 0.6 is 11.8 Å². The van der Waals surface area contributed by atoms with Gasteiger partial charge < -0.3 is 23.8 Å². The summed E-state index contributed by atoms with van der Waals surface area (Å²) in [6, 6.07) is 7.36. The molecule has 178 valence electrons. The molecule has 2 amide bonds. The SMILES string of the molecule is Cc1nc(SCC(=O)N2CCN(C(=O)C3COc4ccccc4O3)CC2)n(CC(C)C)c1C. The molecule has 1 aromatic carbocycles. The Labute approximate surface area is 199 Å². The molecule has 0 aliphatic carbocycles. The quantitative estimate of drug-likeness (QED) is 0.602. The van der Waals surface area contributed by atoms with Crippen molar-refractivity contribution in [3.05, 3.63) is 35.7 Å². The van der Waals surface area contributed by atoms with Crippen LogP contribution in [0, 0.1) is 19.8 Å². The lowest BCUT2D eigenvalue weighted by molar-refractivity contribution is -0.145. The largest absolute Gasteiger partial charge is 0.485 e. The number of aryl methyl sites for hydroxylation is 1. The standard InChI is InChI=1S/C24H32N4O4S/c1-16(2)13-28-18(4)17(3)25-24(28)33-15-22(29)26-9-11-27(12-10-26)23(30)21-14-31-19-7-5-6-8-20(19)32-21/h5-8,16,21H,9-15H2,1-4H3. The Bertz CT molecular complexity index is 1010. The van der Waals surface area contributed by atoms with Gasteiger partial charge in [0.15, 0.2) is 16.7 Å². The van der Waals surface area contributed by atoms with Gasteiger partial charge >= 0.3 is 0 Å². The summed E-state index contributed by atoms with van der Waals surface area (Å²) in [7, 11) is 0. The molecule has 33 heavy (non-hydrogen) atoms. The van der Waals surface area contributed by atoms with Crippen molar-refractivity contribution in [1.29, 1.82) is 0 Å². The molecule has 1 unspecified atom stereocenters. The molecule has 0 saturated carbocycles. The van der Waals surface area contributed by atoms with E-state index in [4.69, 9.17) is 9.47 Å². The van der Waals surface area contributed by atoms with E-state index in [2.05, 4.69) is 30.3 Å². The van der Waals surface area contributed by atoms with Crippen LogP contribution in [0.25, 0.3) is 0 Å². The number of aromatic nitrogens is 2. The number of amides is 2. The molecule has 1 atom stereocenters. The number of thioether (sulfide) groups is 1. The summed E-state index contributed by atoms with van der Waals surface area (Å²) in [5.74, 6) is 2.09.